The van der Waals surface area contributed by atoms with E-state index in [1.165, 1.54) is 11.3 Å². The zero-order valence-electron chi connectivity index (χ0n) is 14.2. The lowest BCUT2D eigenvalue weighted by Gasteiger charge is -2.04. The van der Waals surface area contributed by atoms with Crippen molar-refractivity contribution < 1.29 is 18.7 Å². The predicted octanol–water partition coefficient (Wildman–Crippen LogP) is 4.92. The minimum Gasteiger partial charge on any atom is -0.464 e. The summed E-state index contributed by atoms with van der Waals surface area (Å²) in [5, 5.41) is 3.03. The Hall–Kier alpha value is -2.92. The van der Waals surface area contributed by atoms with Crippen LogP contribution in [0.5, 0.6) is 0 Å². The molecule has 0 aliphatic heterocycles. The number of Topliss-reactive ketones (excluding diaryl/α,β-unsaturated/α-hetero) is 1. The summed E-state index contributed by atoms with van der Waals surface area (Å²) >= 11 is 1.40. The molecule has 2 aromatic heterocycles. The van der Waals surface area contributed by atoms with Gasteiger partial charge in [-0.05, 0) is 35.9 Å². The van der Waals surface area contributed by atoms with Gasteiger partial charge < -0.3 is 9.15 Å². The molecular formula is C21H16O4S. The number of benzene rings is 2. The van der Waals surface area contributed by atoms with Gasteiger partial charge in [0.25, 0.3) is 0 Å². The zero-order chi connectivity index (χ0) is 18.1. The van der Waals surface area contributed by atoms with Gasteiger partial charge in [-0.2, -0.15) is 0 Å². The van der Waals surface area contributed by atoms with Crippen LogP contribution in [0.2, 0.25) is 0 Å². The minimum absolute atomic E-state index is 0.0672. The van der Waals surface area contributed by atoms with Gasteiger partial charge in [-0.15, -0.1) is 11.3 Å². The number of ketones is 1. The molecule has 26 heavy (non-hydrogen) atoms. The largest absolute Gasteiger partial charge is 0.464 e. The summed E-state index contributed by atoms with van der Waals surface area (Å²) < 4.78 is 10.8. The number of esters is 1. The average Bonchev–Trinajstić information content (AvgIpc) is 3.26. The van der Waals surface area contributed by atoms with Crippen LogP contribution >= 0.6 is 11.3 Å². The third-order valence-corrected chi connectivity index (χ3v) is 5.30. The molecule has 4 rings (SSSR count). The molecule has 5 heteroatoms. The van der Waals surface area contributed by atoms with Crippen molar-refractivity contribution in [3.8, 4) is 0 Å². The minimum atomic E-state index is -0.442. The summed E-state index contributed by atoms with van der Waals surface area (Å²) in [6, 6.07) is 15.5. The molecule has 0 spiro atoms. The summed E-state index contributed by atoms with van der Waals surface area (Å²) in [6.45, 7) is 1.69. The number of ether oxygens (including phenoxy) is 1. The second-order valence-electron chi connectivity index (χ2n) is 6.09. The zero-order valence-corrected chi connectivity index (χ0v) is 15.0. The van der Waals surface area contributed by atoms with Gasteiger partial charge >= 0.3 is 5.97 Å². The molecule has 0 unspecified atom stereocenters. The topological polar surface area (TPSA) is 56.5 Å². The molecule has 0 aliphatic rings. The van der Waals surface area contributed by atoms with E-state index in [1.54, 1.807) is 12.3 Å². The molecule has 0 saturated heterocycles. The van der Waals surface area contributed by atoms with Crippen LogP contribution in [-0.4, -0.2) is 18.4 Å². The Morgan fingerprint density at radius 1 is 1.08 bits per heavy atom. The summed E-state index contributed by atoms with van der Waals surface area (Å²) in [5.41, 5.74) is 1.50. The maximum absolute atomic E-state index is 12.2. The van der Waals surface area contributed by atoms with Gasteiger partial charge in [-0.1, -0.05) is 30.3 Å². The molecule has 2 heterocycles. The van der Waals surface area contributed by atoms with E-state index in [0.29, 0.717) is 4.88 Å². The summed E-state index contributed by atoms with van der Waals surface area (Å²) in [6.07, 6.45) is 1.65. The second-order valence-corrected chi connectivity index (χ2v) is 7.38. The average molecular weight is 364 g/mol. The van der Waals surface area contributed by atoms with Crippen LogP contribution in [-0.2, 0) is 16.0 Å². The molecule has 0 saturated carbocycles. The third-order valence-electron chi connectivity index (χ3n) is 4.25. The lowest BCUT2D eigenvalue weighted by atomic mass is 10.0. The molecule has 0 N–H and O–H groups in total. The molecule has 4 aromatic rings. The number of hydrogen-bond donors (Lipinski definition) is 0. The highest BCUT2D eigenvalue weighted by atomic mass is 32.1. The van der Waals surface area contributed by atoms with Crippen molar-refractivity contribution in [1.82, 2.24) is 0 Å². The van der Waals surface area contributed by atoms with E-state index in [2.05, 4.69) is 0 Å². The van der Waals surface area contributed by atoms with Crippen LogP contribution in [0.1, 0.15) is 20.1 Å². The maximum atomic E-state index is 12.2. The number of carbonyl (C=O) groups excluding carboxylic acids is 2. The molecule has 2 aromatic carbocycles. The van der Waals surface area contributed by atoms with Gasteiger partial charge in [0.05, 0.1) is 17.6 Å². The lowest BCUT2D eigenvalue weighted by Crippen LogP contribution is -2.14. The number of thiophene rings is 1. The lowest BCUT2D eigenvalue weighted by molar-refractivity contribution is -0.141. The summed E-state index contributed by atoms with van der Waals surface area (Å²) in [4.78, 5) is 25.9. The highest BCUT2D eigenvalue weighted by molar-refractivity contribution is 7.14. The van der Waals surface area contributed by atoms with Crippen molar-refractivity contribution in [1.29, 1.82) is 0 Å². The van der Waals surface area contributed by atoms with Crippen LogP contribution in [0.3, 0.4) is 0 Å². The van der Waals surface area contributed by atoms with Crippen LogP contribution in [0.25, 0.3) is 21.7 Å². The first-order chi connectivity index (χ1) is 12.6. The fourth-order valence-electron chi connectivity index (χ4n) is 3.01. The van der Waals surface area contributed by atoms with E-state index in [9.17, 15) is 9.59 Å². The summed E-state index contributed by atoms with van der Waals surface area (Å²) in [5.74, 6) is -0.624. The molecule has 0 atom stereocenters. The predicted molar refractivity (Wildman–Crippen MR) is 102 cm³/mol. The Kier molecular flexibility index (Phi) is 4.31. The number of hydrogen-bond acceptors (Lipinski definition) is 5. The molecular weight excluding hydrogens is 348 g/mol. The number of fused-ring (bicyclic) bond motifs is 3. The normalized spacial score (nSPS) is 11.1. The van der Waals surface area contributed by atoms with Crippen molar-refractivity contribution in [3.63, 3.8) is 0 Å². The molecule has 0 amide bonds. The van der Waals surface area contributed by atoms with Crippen molar-refractivity contribution in [2.24, 2.45) is 0 Å². The van der Waals surface area contributed by atoms with Crippen LogP contribution in [0.15, 0.2) is 59.2 Å². The molecule has 130 valence electrons. The van der Waals surface area contributed by atoms with Crippen LogP contribution in [0, 0.1) is 6.92 Å². The molecule has 0 fully saturated rings. The van der Waals surface area contributed by atoms with Gasteiger partial charge in [-0.25, -0.2) is 0 Å². The SMILES string of the molecule is Cc1ccc(C(=O)COC(=O)Cc2coc3ccc4ccccc4c23)s1. The summed E-state index contributed by atoms with van der Waals surface area (Å²) in [7, 11) is 0. The maximum Gasteiger partial charge on any atom is 0.310 e. The highest BCUT2D eigenvalue weighted by Gasteiger charge is 2.16. The van der Waals surface area contributed by atoms with E-state index >= 15 is 0 Å². The highest BCUT2D eigenvalue weighted by Crippen LogP contribution is 2.30. The molecule has 0 radical (unpaired) electrons. The third kappa shape index (κ3) is 3.13. The number of aryl methyl sites for hydroxylation is 1. The molecule has 4 nitrogen and oxygen atoms in total. The van der Waals surface area contributed by atoms with Gasteiger partial charge in [0.1, 0.15) is 5.58 Å². The fraction of sp³-hybridized carbons (Fsp3) is 0.143. The van der Waals surface area contributed by atoms with Crippen molar-refractivity contribution in [2.45, 2.75) is 13.3 Å². The van der Waals surface area contributed by atoms with E-state index < -0.39 is 5.97 Å². The molecule has 0 bridgehead atoms. The Balaban J connectivity index is 1.51. The number of rotatable bonds is 5. The van der Waals surface area contributed by atoms with Gasteiger partial charge in [0, 0.05) is 15.8 Å². The Morgan fingerprint density at radius 2 is 1.92 bits per heavy atom. The number of furan rings is 1. The van der Waals surface area contributed by atoms with Crippen LogP contribution < -0.4 is 0 Å². The Bertz CT molecular complexity index is 1120. The fourth-order valence-corrected chi connectivity index (χ4v) is 3.80. The number of carbonyl (C=O) groups is 2. The van der Waals surface area contributed by atoms with Crippen molar-refractivity contribution >= 4 is 44.8 Å². The molecule has 0 aliphatic carbocycles. The van der Waals surface area contributed by atoms with Gasteiger partial charge in [-0.3, -0.25) is 9.59 Å². The van der Waals surface area contributed by atoms with E-state index in [4.69, 9.17) is 9.15 Å². The van der Waals surface area contributed by atoms with Crippen molar-refractivity contribution in [3.05, 3.63) is 70.1 Å². The van der Waals surface area contributed by atoms with E-state index in [-0.39, 0.29) is 18.8 Å². The first-order valence-electron chi connectivity index (χ1n) is 8.25. The van der Waals surface area contributed by atoms with Gasteiger partial charge in [0.15, 0.2) is 6.61 Å². The Labute approximate surface area is 154 Å². The van der Waals surface area contributed by atoms with Gasteiger partial charge in [0.2, 0.25) is 5.78 Å². The first kappa shape index (κ1) is 16.5. The van der Waals surface area contributed by atoms with Crippen LogP contribution in [0.4, 0.5) is 0 Å². The van der Waals surface area contributed by atoms with Crippen molar-refractivity contribution in [2.75, 3.05) is 6.61 Å². The standard InChI is InChI=1S/C21H16O4S/c1-13-6-9-19(26-13)17(22)12-25-20(23)10-15-11-24-18-8-7-14-4-2-3-5-16(14)21(15)18/h2-9,11H,10,12H2,1H3. The monoisotopic (exact) mass is 364 g/mol. The quantitative estimate of drug-likeness (QED) is 0.372. The second kappa shape index (κ2) is 6.77. The first-order valence-corrected chi connectivity index (χ1v) is 9.06. The Morgan fingerprint density at radius 3 is 2.73 bits per heavy atom. The smallest absolute Gasteiger partial charge is 0.310 e. The van der Waals surface area contributed by atoms with E-state index in [0.717, 1.165) is 32.2 Å². The van der Waals surface area contributed by atoms with E-state index in [1.807, 2.05) is 49.4 Å².